The molecule has 0 bridgehead atoms. The van der Waals surface area contributed by atoms with Crippen LogP contribution in [0.4, 0.5) is 14.9 Å². The normalized spacial score (nSPS) is 14.2. The number of hydrogen-bond acceptors (Lipinski definition) is 2. The average Bonchev–Trinajstić information content (AvgIpc) is 3.32. The van der Waals surface area contributed by atoms with E-state index in [4.69, 9.17) is 0 Å². The summed E-state index contributed by atoms with van der Waals surface area (Å²) in [6.45, 7) is 3.77. The molecule has 2 amide bonds. The van der Waals surface area contributed by atoms with Crippen molar-refractivity contribution in [2.75, 3.05) is 18.0 Å². The molecule has 0 saturated carbocycles. The minimum absolute atomic E-state index is 0.0441. The molecule has 27 heavy (non-hydrogen) atoms. The monoisotopic (exact) mass is 364 g/mol. The standard InChI is InChI=1S/C21H21FN4O/c1-2-16-11-19(6-7-20(16)17-12-23-24-13-17)26-9-8-25(21(26)27)14-15-4-3-5-18(22)10-15/h3-7,10-13H,2,8-9,14H2,1H3,(H,23,24). The van der Waals surface area contributed by atoms with E-state index in [9.17, 15) is 9.18 Å². The molecule has 4 rings (SSSR count). The number of carbonyl (C=O) groups is 1. The van der Waals surface area contributed by atoms with Gasteiger partial charge in [0.25, 0.3) is 0 Å². The summed E-state index contributed by atoms with van der Waals surface area (Å²) >= 11 is 0. The second-order valence-corrected chi connectivity index (χ2v) is 6.67. The molecule has 3 aromatic rings. The van der Waals surface area contributed by atoms with Crippen LogP contribution in [0.2, 0.25) is 0 Å². The Hall–Kier alpha value is -3.15. The highest BCUT2D eigenvalue weighted by Crippen LogP contribution is 2.30. The molecular weight excluding hydrogens is 343 g/mol. The first-order valence-corrected chi connectivity index (χ1v) is 9.08. The van der Waals surface area contributed by atoms with Crippen molar-refractivity contribution < 1.29 is 9.18 Å². The van der Waals surface area contributed by atoms with Crippen LogP contribution in [0, 0.1) is 5.82 Å². The van der Waals surface area contributed by atoms with E-state index in [2.05, 4.69) is 23.2 Å². The van der Waals surface area contributed by atoms with Gasteiger partial charge in [-0.15, -0.1) is 0 Å². The van der Waals surface area contributed by atoms with Gasteiger partial charge in [-0.1, -0.05) is 25.1 Å². The van der Waals surface area contributed by atoms with Crippen molar-refractivity contribution >= 4 is 11.7 Å². The van der Waals surface area contributed by atoms with Crippen LogP contribution in [-0.4, -0.2) is 34.2 Å². The van der Waals surface area contributed by atoms with Gasteiger partial charge in [0.15, 0.2) is 0 Å². The summed E-state index contributed by atoms with van der Waals surface area (Å²) in [5, 5.41) is 6.86. The lowest BCUT2D eigenvalue weighted by Crippen LogP contribution is -2.31. The number of aryl methyl sites for hydroxylation is 1. The average molecular weight is 364 g/mol. The number of urea groups is 1. The third kappa shape index (κ3) is 3.43. The summed E-state index contributed by atoms with van der Waals surface area (Å²) in [5.41, 5.74) is 5.03. The fourth-order valence-corrected chi connectivity index (χ4v) is 3.54. The Morgan fingerprint density at radius 3 is 2.81 bits per heavy atom. The zero-order valence-corrected chi connectivity index (χ0v) is 15.2. The minimum Gasteiger partial charge on any atom is -0.318 e. The Balaban J connectivity index is 1.55. The zero-order chi connectivity index (χ0) is 18.8. The first-order valence-electron chi connectivity index (χ1n) is 9.08. The number of halogens is 1. The number of hydrogen-bond donors (Lipinski definition) is 1. The Bertz CT molecular complexity index is 955. The van der Waals surface area contributed by atoms with Gasteiger partial charge < -0.3 is 4.90 Å². The quantitative estimate of drug-likeness (QED) is 0.737. The molecule has 1 aliphatic heterocycles. The Kier molecular flexibility index (Phi) is 4.62. The second kappa shape index (κ2) is 7.23. The van der Waals surface area contributed by atoms with Crippen LogP contribution in [0.3, 0.4) is 0 Å². The molecule has 0 atom stereocenters. The summed E-state index contributed by atoms with van der Waals surface area (Å²) in [6, 6.07) is 12.5. The van der Waals surface area contributed by atoms with Crippen molar-refractivity contribution in [1.82, 2.24) is 15.1 Å². The molecule has 1 saturated heterocycles. The van der Waals surface area contributed by atoms with Crippen molar-refractivity contribution in [1.29, 1.82) is 0 Å². The SMILES string of the molecule is CCc1cc(N2CCN(Cc3cccc(F)c3)C2=O)ccc1-c1cn[nH]c1. The van der Waals surface area contributed by atoms with Crippen LogP contribution in [0.25, 0.3) is 11.1 Å². The first kappa shape index (κ1) is 17.3. The Morgan fingerprint density at radius 2 is 2.07 bits per heavy atom. The van der Waals surface area contributed by atoms with E-state index in [-0.39, 0.29) is 11.8 Å². The smallest absolute Gasteiger partial charge is 0.318 e. The van der Waals surface area contributed by atoms with E-state index in [1.807, 2.05) is 24.4 Å². The van der Waals surface area contributed by atoms with Gasteiger partial charge in [0, 0.05) is 37.1 Å². The fraction of sp³-hybridized carbons (Fsp3) is 0.238. The Labute approximate surface area is 157 Å². The maximum atomic E-state index is 13.4. The maximum Gasteiger partial charge on any atom is 0.324 e. The second-order valence-electron chi connectivity index (χ2n) is 6.67. The molecule has 6 heteroatoms. The highest BCUT2D eigenvalue weighted by Gasteiger charge is 2.29. The van der Waals surface area contributed by atoms with Crippen LogP contribution >= 0.6 is 0 Å². The van der Waals surface area contributed by atoms with E-state index in [0.717, 1.165) is 28.8 Å². The molecule has 0 spiro atoms. The van der Waals surface area contributed by atoms with Crippen molar-refractivity contribution in [2.45, 2.75) is 19.9 Å². The third-order valence-electron chi connectivity index (χ3n) is 4.95. The molecule has 0 radical (unpaired) electrons. The lowest BCUT2D eigenvalue weighted by molar-refractivity contribution is 0.218. The van der Waals surface area contributed by atoms with Gasteiger partial charge in [-0.3, -0.25) is 10.00 Å². The van der Waals surface area contributed by atoms with Crippen molar-refractivity contribution in [2.24, 2.45) is 0 Å². The van der Waals surface area contributed by atoms with Crippen LogP contribution < -0.4 is 4.90 Å². The first-order chi connectivity index (χ1) is 13.2. The molecule has 1 aromatic heterocycles. The molecule has 0 aliphatic carbocycles. The van der Waals surface area contributed by atoms with Gasteiger partial charge in [-0.2, -0.15) is 5.10 Å². The molecule has 1 fully saturated rings. The number of nitrogens with one attached hydrogen (secondary N) is 1. The maximum absolute atomic E-state index is 13.4. The lowest BCUT2D eigenvalue weighted by atomic mass is 9.99. The Morgan fingerprint density at radius 1 is 1.19 bits per heavy atom. The van der Waals surface area contributed by atoms with E-state index in [1.54, 1.807) is 22.1 Å². The topological polar surface area (TPSA) is 52.2 Å². The largest absolute Gasteiger partial charge is 0.324 e. The molecule has 2 heterocycles. The third-order valence-corrected chi connectivity index (χ3v) is 4.95. The van der Waals surface area contributed by atoms with Gasteiger partial charge in [0.2, 0.25) is 0 Å². The zero-order valence-electron chi connectivity index (χ0n) is 15.2. The van der Waals surface area contributed by atoms with Gasteiger partial charge in [-0.05, 0) is 47.4 Å². The highest BCUT2D eigenvalue weighted by molar-refractivity contribution is 5.94. The van der Waals surface area contributed by atoms with Crippen LogP contribution in [0.15, 0.2) is 54.9 Å². The van der Waals surface area contributed by atoms with Crippen LogP contribution in [0.1, 0.15) is 18.1 Å². The van der Waals surface area contributed by atoms with Crippen LogP contribution in [-0.2, 0) is 13.0 Å². The number of aromatic nitrogens is 2. The number of nitrogens with zero attached hydrogens (tertiary/aromatic N) is 3. The number of benzene rings is 2. The summed E-state index contributed by atoms with van der Waals surface area (Å²) in [5.74, 6) is -0.279. The number of amides is 2. The fourth-order valence-electron chi connectivity index (χ4n) is 3.54. The number of rotatable bonds is 5. The van der Waals surface area contributed by atoms with E-state index < -0.39 is 0 Å². The van der Waals surface area contributed by atoms with Crippen LogP contribution in [0.5, 0.6) is 0 Å². The predicted octanol–water partition coefficient (Wildman–Crippen LogP) is 4.22. The summed E-state index contributed by atoms with van der Waals surface area (Å²) < 4.78 is 13.4. The molecular formula is C21H21FN4O. The molecule has 138 valence electrons. The number of aromatic amines is 1. The van der Waals surface area contributed by atoms with Gasteiger partial charge >= 0.3 is 6.03 Å². The number of H-pyrrole nitrogens is 1. The van der Waals surface area contributed by atoms with Gasteiger partial charge in [0.1, 0.15) is 5.82 Å². The summed E-state index contributed by atoms with van der Waals surface area (Å²) in [4.78, 5) is 16.4. The van der Waals surface area contributed by atoms with E-state index in [1.165, 1.54) is 17.7 Å². The molecule has 0 unspecified atom stereocenters. The predicted molar refractivity (Wildman–Crippen MR) is 103 cm³/mol. The van der Waals surface area contributed by atoms with Gasteiger partial charge in [-0.25, -0.2) is 9.18 Å². The molecule has 1 N–H and O–H groups in total. The summed E-state index contributed by atoms with van der Waals surface area (Å²) in [6.07, 6.45) is 4.54. The van der Waals surface area contributed by atoms with Crippen molar-refractivity contribution in [3.8, 4) is 11.1 Å². The van der Waals surface area contributed by atoms with E-state index in [0.29, 0.717) is 19.6 Å². The molecule has 2 aromatic carbocycles. The minimum atomic E-state index is -0.279. The molecule has 5 nitrogen and oxygen atoms in total. The number of anilines is 1. The van der Waals surface area contributed by atoms with Crippen molar-refractivity contribution in [3.05, 3.63) is 71.8 Å². The lowest BCUT2D eigenvalue weighted by Gasteiger charge is -2.20. The highest BCUT2D eigenvalue weighted by atomic mass is 19.1. The number of carbonyl (C=O) groups excluding carboxylic acids is 1. The van der Waals surface area contributed by atoms with Crippen molar-refractivity contribution in [3.63, 3.8) is 0 Å². The molecule has 1 aliphatic rings. The van der Waals surface area contributed by atoms with E-state index >= 15 is 0 Å². The summed E-state index contributed by atoms with van der Waals surface area (Å²) in [7, 11) is 0. The van der Waals surface area contributed by atoms with Gasteiger partial charge in [0.05, 0.1) is 6.20 Å².